The molecule has 112 valence electrons. The third kappa shape index (κ3) is 5.43. The highest BCUT2D eigenvalue weighted by atomic mass is 32.2. The van der Waals surface area contributed by atoms with Gasteiger partial charge < -0.3 is 9.84 Å². The molecule has 8 heteroatoms. The van der Waals surface area contributed by atoms with Crippen LogP contribution in [0, 0.1) is 5.41 Å². The number of nitrogens with zero attached hydrogens (tertiary/aromatic N) is 1. The van der Waals surface area contributed by atoms with Gasteiger partial charge in [-0.3, -0.25) is 4.79 Å². The lowest BCUT2D eigenvalue weighted by Crippen LogP contribution is -2.41. The Morgan fingerprint density at radius 2 is 2.11 bits per heavy atom. The standard InChI is InChI=1S/C11H22N2O5S/c1-13(7-3-10(14)15)19(16,17)12-9-11(4-5-11)6-8-18-2/h12H,3-9H2,1-2H3,(H,14,15). The molecule has 0 aromatic carbocycles. The molecular formula is C11H22N2O5S. The van der Waals surface area contributed by atoms with Crippen molar-refractivity contribution in [1.82, 2.24) is 9.03 Å². The summed E-state index contributed by atoms with van der Waals surface area (Å²) in [6, 6.07) is 0. The van der Waals surface area contributed by atoms with Crippen molar-refractivity contribution in [3.8, 4) is 0 Å². The molecule has 7 nitrogen and oxygen atoms in total. The molecule has 0 spiro atoms. The second-order valence-corrected chi connectivity index (χ2v) is 6.90. The van der Waals surface area contributed by atoms with E-state index in [9.17, 15) is 13.2 Å². The Hall–Kier alpha value is -0.700. The Morgan fingerprint density at radius 3 is 2.58 bits per heavy atom. The molecule has 1 fully saturated rings. The number of carboxylic acids is 1. The van der Waals surface area contributed by atoms with Gasteiger partial charge in [-0.15, -0.1) is 0 Å². The van der Waals surface area contributed by atoms with Crippen molar-refractivity contribution in [3.05, 3.63) is 0 Å². The van der Waals surface area contributed by atoms with Crippen molar-refractivity contribution >= 4 is 16.2 Å². The van der Waals surface area contributed by atoms with Crippen molar-refractivity contribution < 1.29 is 23.1 Å². The number of rotatable bonds is 10. The maximum atomic E-state index is 11.9. The Balaban J connectivity index is 2.40. The highest BCUT2D eigenvalue weighted by Crippen LogP contribution is 2.48. The van der Waals surface area contributed by atoms with Crippen LogP contribution in [-0.4, -0.2) is 57.7 Å². The van der Waals surface area contributed by atoms with Gasteiger partial charge in [-0.2, -0.15) is 12.7 Å². The summed E-state index contributed by atoms with van der Waals surface area (Å²) in [5.74, 6) is -1.01. The van der Waals surface area contributed by atoms with E-state index >= 15 is 0 Å². The fourth-order valence-corrected chi connectivity index (χ4v) is 2.78. The van der Waals surface area contributed by atoms with Gasteiger partial charge in [0.2, 0.25) is 0 Å². The van der Waals surface area contributed by atoms with Crippen LogP contribution in [-0.2, 0) is 19.7 Å². The van der Waals surface area contributed by atoms with E-state index in [4.69, 9.17) is 9.84 Å². The molecule has 2 N–H and O–H groups in total. The molecule has 19 heavy (non-hydrogen) atoms. The van der Waals surface area contributed by atoms with Gasteiger partial charge in [0.25, 0.3) is 10.2 Å². The van der Waals surface area contributed by atoms with Gasteiger partial charge in [-0.05, 0) is 24.7 Å². The molecule has 1 rings (SSSR count). The number of hydrogen-bond donors (Lipinski definition) is 2. The number of ether oxygens (including phenoxy) is 1. The number of methoxy groups -OCH3 is 1. The van der Waals surface area contributed by atoms with Gasteiger partial charge in [-0.1, -0.05) is 0 Å². The molecule has 0 saturated heterocycles. The zero-order chi connectivity index (χ0) is 14.5. The van der Waals surface area contributed by atoms with E-state index in [1.54, 1.807) is 7.11 Å². The van der Waals surface area contributed by atoms with Crippen molar-refractivity contribution in [1.29, 1.82) is 0 Å². The van der Waals surface area contributed by atoms with E-state index in [1.807, 2.05) is 0 Å². The van der Waals surface area contributed by atoms with Crippen LogP contribution < -0.4 is 4.72 Å². The molecule has 0 radical (unpaired) electrons. The molecule has 0 aromatic rings. The number of carboxylic acid groups (broad SMARTS) is 1. The predicted octanol–water partition coefficient (Wildman–Crippen LogP) is 0.0440. The van der Waals surface area contributed by atoms with Gasteiger partial charge in [0, 0.05) is 33.9 Å². The largest absolute Gasteiger partial charge is 0.481 e. The highest BCUT2D eigenvalue weighted by molar-refractivity contribution is 7.87. The van der Waals surface area contributed by atoms with E-state index < -0.39 is 16.2 Å². The summed E-state index contributed by atoms with van der Waals surface area (Å²) in [4.78, 5) is 10.4. The smallest absolute Gasteiger partial charge is 0.304 e. The van der Waals surface area contributed by atoms with E-state index in [1.165, 1.54) is 7.05 Å². The maximum Gasteiger partial charge on any atom is 0.304 e. The van der Waals surface area contributed by atoms with Crippen LogP contribution in [0.1, 0.15) is 25.7 Å². The monoisotopic (exact) mass is 294 g/mol. The van der Waals surface area contributed by atoms with Gasteiger partial charge >= 0.3 is 5.97 Å². The van der Waals surface area contributed by atoms with Crippen LogP contribution in [0.15, 0.2) is 0 Å². The van der Waals surface area contributed by atoms with Crippen LogP contribution in [0.3, 0.4) is 0 Å². The Labute approximate surface area is 114 Å². The fourth-order valence-electron chi connectivity index (χ4n) is 1.74. The quantitative estimate of drug-likeness (QED) is 0.593. The predicted molar refractivity (Wildman–Crippen MR) is 70.0 cm³/mol. The number of aliphatic carboxylic acids is 1. The van der Waals surface area contributed by atoms with Crippen molar-refractivity contribution in [2.75, 3.05) is 33.9 Å². The summed E-state index contributed by atoms with van der Waals surface area (Å²) >= 11 is 0. The van der Waals surface area contributed by atoms with E-state index in [2.05, 4.69) is 4.72 Å². The molecular weight excluding hydrogens is 272 g/mol. The third-order valence-electron chi connectivity index (χ3n) is 3.47. The van der Waals surface area contributed by atoms with Crippen molar-refractivity contribution in [2.45, 2.75) is 25.7 Å². The minimum absolute atomic E-state index is 0.0245. The topological polar surface area (TPSA) is 95.9 Å². The average molecular weight is 294 g/mol. The Bertz CT molecular complexity index is 405. The molecule has 0 unspecified atom stereocenters. The zero-order valence-electron chi connectivity index (χ0n) is 11.4. The summed E-state index contributed by atoms with van der Waals surface area (Å²) in [6.45, 7) is 0.975. The van der Waals surface area contributed by atoms with Crippen LogP contribution in [0.5, 0.6) is 0 Å². The van der Waals surface area contributed by atoms with Gasteiger partial charge in [0.15, 0.2) is 0 Å². The average Bonchev–Trinajstić information content (AvgIpc) is 3.12. The second kappa shape index (κ2) is 6.65. The Morgan fingerprint density at radius 1 is 1.47 bits per heavy atom. The summed E-state index contributed by atoms with van der Waals surface area (Å²) in [6.07, 6.45) is 2.63. The van der Waals surface area contributed by atoms with Crippen molar-refractivity contribution in [2.24, 2.45) is 5.41 Å². The SMILES string of the molecule is COCCC1(CNS(=O)(=O)N(C)CCC(=O)O)CC1. The van der Waals surface area contributed by atoms with Gasteiger partial charge in [-0.25, -0.2) is 4.72 Å². The van der Waals surface area contributed by atoms with Crippen molar-refractivity contribution in [3.63, 3.8) is 0 Å². The van der Waals surface area contributed by atoms with E-state index in [-0.39, 0.29) is 18.4 Å². The Kier molecular flexibility index (Phi) is 5.72. The van der Waals surface area contributed by atoms with Gasteiger partial charge in [0.05, 0.1) is 6.42 Å². The van der Waals surface area contributed by atoms with Crippen LogP contribution in [0.2, 0.25) is 0 Å². The normalized spacial score (nSPS) is 17.6. The first-order valence-corrected chi connectivity index (χ1v) is 7.67. The lowest BCUT2D eigenvalue weighted by atomic mass is 10.0. The molecule has 0 amide bonds. The number of nitrogens with one attached hydrogen (secondary N) is 1. The van der Waals surface area contributed by atoms with Crippen LogP contribution >= 0.6 is 0 Å². The summed E-state index contributed by atoms with van der Waals surface area (Å²) in [5.41, 5.74) is 0.0245. The highest BCUT2D eigenvalue weighted by Gasteiger charge is 2.42. The first-order chi connectivity index (χ1) is 8.81. The maximum absolute atomic E-state index is 11.9. The van der Waals surface area contributed by atoms with Crippen LogP contribution in [0.4, 0.5) is 0 Å². The fraction of sp³-hybridized carbons (Fsp3) is 0.909. The van der Waals surface area contributed by atoms with E-state index in [0.29, 0.717) is 13.2 Å². The summed E-state index contributed by atoms with van der Waals surface area (Å²) in [5, 5.41) is 8.54. The first kappa shape index (κ1) is 16.4. The molecule has 0 atom stereocenters. The molecule has 0 bridgehead atoms. The number of carbonyl (C=O) groups is 1. The lowest BCUT2D eigenvalue weighted by molar-refractivity contribution is -0.137. The molecule has 1 saturated carbocycles. The molecule has 1 aliphatic rings. The lowest BCUT2D eigenvalue weighted by Gasteiger charge is -2.20. The van der Waals surface area contributed by atoms with Crippen LogP contribution in [0.25, 0.3) is 0 Å². The zero-order valence-corrected chi connectivity index (χ0v) is 12.2. The van der Waals surface area contributed by atoms with E-state index in [0.717, 1.165) is 23.6 Å². The van der Waals surface area contributed by atoms with Gasteiger partial charge in [0.1, 0.15) is 0 Å². The minimum Gasteiger partial charge on any atom is -0.481 e. The molecule has 1 aliphatic carbocycles. The molecule has 0 heterocycles. The molecule has 0 aromatic heterocycles. The molecule has 0 aliphatic heterocycles. The summed E-state index contributed by atoms with van der Waals surface area (Å²) < 4.78 is 32.4. The first-order valence-electron chi connectivity index (χ1n) is 6.23. The third-order valence-corrected chi connectivity index (χ3v) is 4.99. The second-order valence-electron chi connectivity index (χ2n) is 5.03. The number of hydrogen-bond acceptors (Lipinski definition) is 4. The summed E-state index contributed by atoms with van der Waals surface area (Å²) in [7, 11) is -0.595. The minimum atomic E-state index is -3.59.